The molecule has 0 aliphatic rings. The molecular weight excluding hydrogens is 184 g/mol. The van der Waals surface area contributed by atoms with Crippen molar-refractivity contribution < 1.29 is 0 Å². The lowest BCUT2D eigenvalue weighted by Crippen LogP contribution is -2.06. The van der Waals surface area contributed by atoms with Crippen LogP contribution in [0.4, 0.5) is 0 Å². The van der Waals surface area contributed by atoms with Gasteiger partial charge in [0.25, 0.3) is 0 Å². The first-order valence-corrected chi connectivity index (χ1v) is 5.19. The van der Waals surface area contributed by atoms with Crippen LogP contribution in [0.3, 0.4) is 0 Å². The lowest BCUT2D eigenvalue weighted by atomic mass is 10.1. The quantitative estimate of drug-likeness (QED) is 0.539. The molecule has 0 unspecified atom stereocenters. The highest BCUT2D eigenvalue weighted by atomic mass is 14.9. The Morgan fingerprint density at radius 2 is 1.80 bits per heavy atom. The van der Waals surface area contributed by atoms with Gasteiger partial charge in [-0.1, -0.05) is 27.0 Å². The first-order valence-electron chi connectivity index (χ1n) is 5.19. The molecule has 2 nitrogen and oxygen atoms in total. The summed E-state index contributed by atoms with van der Waals surface area (Å²) in [5.41, 5.74) is 4.05. The SMILES string of the molecule is C=CNC(=C)/C(C)=C(C)/N=C(\C)C(C)C. The Bertz CT molecular complexity index is 306. The molecule has 0 fully saturated rings. The first-order chi connectivity index (χ1) is 6.90. The fourth-order valence-corrected chi connectivity index (χ4v) is 0.927. The van der Waals surface area contributed by atoms with Crippen molar-refractivity contribution in [2.45, 2.75) is 34.6 Å². The van der Waals surface area contributed by atoms with Crippen LogP contribution in [-0.4, -0.2) is 5.71 Å². The van der Waals surface area contributed by atoms with Gasteiger partial charge in [0.05, 0.1) is 0 Å². The molecule has 0 aliphatic heterocycles. The van der Waals surface area contributed by atoms with Gasteiger partial charge in [-0.2, -0.15) is 0 Å². The number of hydrogen-bond donors (Lipinski definition) is 1. The Morgan fingerprint density at radius 3 is 2.20 bits per heavy atom. The molecule has 0 radical (unpaired) electrons. The molecule has 0 saturated carbocycles. The van der Waals surface area contributed by atoms with Gasteiger partial charge in [0.1, 0.15) is 0 Å². The van der Waals surface area contributed by atoms with Gasteiger partial charge in [0.15, 0.2) is 0 Å². The molecule has 0 bridgehead atoms. The molecule has 1 N–H and O–H groups in total. The smallest absolute Gasteiger partial charge is 0.0421 e. The molecule has 15 heavy (non-hydrogen) atoms. The highest BCUT2D eigenvalue weighted by molar-refractivity contribution is 5.84. The topological polar surface area (TPSA) is 24.4 Å². The van der Waals surface area contributed by atoms with E-state index in [2.05, 4.69) is 37.3 Å². The Hall–Kier alpha value is -1.31. The lowest BCUT2D eigenvalue weighted by Gasteiger charge is -2.09. The van der Waals surface area contributed by atoms with Crippen molar-refractivity contribution in [1.29, 1.82) is 0 Å². The second kappa shape index (κ2) is 6.23. The Morgan fingerprint density at radius 1 is 1.27 bits per heavy atom. The molecule has 0 spiro atoms. The fourth-order valence-electron chi connectivity index (χ4n) is 0.927. The zero-order valence-electron chi connectivity index (χ0n) is 10.5. The summed E-state index contributed by atoms with van der Waals surface area (Å²) in [6.45, 7) is 17.8. The Kier molecular flexibility index (Phi) is 5.68. The molecule has 0 aliphatic carbocycles. The second-order valence-corrected chi connectivity index (χ2v) is 3.95. The lowest BCUT2D eigenvalue weighted by molar-refractivity contribution is 0.873. The van der Waals surface area contributed by atoms with E-state index in [0.717, 1.165) is 22.7 Å². The standard InChI is InChI=1S/C13H22N2/c1-8-14-12(6)10(4)13(7)15-11(5)9(2)3/h8-9,14H,1,6H2,2-5,7H3/b13-10+,15-11+. The molecular formula is C13H22N2. The molecule has 0 atom stereocenters. The van der Waals surface area contributed by atoms with Crippen LogP contribution >= 0.6 is 0 Å². The van der Waals surface area contributed by atoms with E-state index in [1.165, 1.54) is 0 Å². The molecule has 0 aromatic carbocycles. The number of rotatable bonds is 5. The van der Waals surface area contributed by atoms with Crippen molar-refractivity contribution in [2.24, 2.45) is 10.9 Å². The summed E-state index contributed by atoms with van der Waals surface area (Å²) in [5.74, 6) is 0.480. The summed E-state index contributed by atoms with van der Waals surface area (Å²) < 4.78 is 0. The van der Waals surface area contributed by atoms with Crippen LogP contribution in [0.25, 0.3) is 0 Å². The van der Waals surface area contributed by atoms with Crippen LogP contribution in [0, 0.1) is 5.92 Å². The molecule has 0 aromatic heterocycles. The molecule has 2 heteroatoms. The number of aliphatic imine (C=N–C) groups is 1. The van der Waals surface area contributed by atoms with Gasteiger partial charge in [0.2, 0.25) is 0 Å². The third kappa shape index (κ3) is 4.63. The van der Waals surface area contributed by atoms with Crippen molar-refractivity contribution in [2.75, 3.05) is 0 Å². The van der Waals surface area contributed by atoms with Crippen LogP contribution < -0.4 is 5.32 Å². The molecule has 0 rings (SSSR count). The van der Waals surface area contributed by atoms with Crippen LogP contribution in [0.2, 0.25) is 0 Å². The monoisotopic (exact) mass is 206 g/mol. The second-order valence-electron chi connectivity index (χ2n) is 3.95. The summed E-state index contributed by atoms with van der Waals surface area (Å²) in [6.07, 6.45) is 1.62. The number of nitrogens with zero attached hydrogens (tertiary/aromatic N) is 1. The molecule has 0 amide bonds. The van der Waals surface area contributed by atoms with Gasteiger partial charge in [0, 0.05) is 17.1 Å². The van der Waals surface area contributed by atoms with E-state index in [0.29, 0.717) is 5.92 Å². The van der Waals surface area contributed by atoms with Crippen LogP contribution in [0.5, 0.6) is 0 Å². The zero-order valence-corrected chi connectivity index (χ0v) is 10.5. The van der Waals surface area contributed by atoms with Gasteiger partial charge < -0.3 is 5.32 Å². The average molecular weight is 206 g/mol. The maximum Gasteiger partial charge on any atom is 0.0421 e. The normalized spacial score (nSPS) is 13.6. The number of hydrogen-bond acceptors (Lipinski definition) is 2. The van der Waals surface area contributed by atoms with E-state index in [-0.39, 0.29) is 0 Å². The van der Waals surface area contributed by atoms with Gasteiger partial charge >= 0.3 is 0 Å². The zero-order chi connectivity index (χ0) is 12.0. The Balaban J connectivity index is 4.87. The summed E-state index contributed by atoms with van der Waals surface area (Å²) in [6, 6.07) is 0. The fraction of sp³-hybridized carbons (Fsp3) is 0.462. The first kappa shape index (κ1) is 13.7. The minimum absolute atomic E-state index is 0.480. The highest BCUT2D eigenvalue weighted by Gasteiger charge is 2.02. The summed E-state index contributed by atoms with van der Waals surface area (Å²) in [7, 11) is 0. The van der Waals surface area contributed by atoms with Crippen molar-refractivity contribution >= 4 is 5.71 Å². The molecule has 84 valence electrons. The van der Waals surface area contributed by atoms with E-state index in [1.807, 2.05) is 20.8 Å². The van der Waals surface area contributed by atoms with Crippen molar-refractivity contribution in [3.05, 3.63) is 36.3 Å². The van der Waals surface area contributed by atoms with Crippen molar-refractivity contribution in [3.8, 4) is 0 Å². The minimum Gasteiger partial charge on any atom is -0.362 e. The van der Waals surface area contributed by atoms with E-state index in [9.17, 15) is 0 Å². The van der Waals surface area contributed by atoms with Crippen LogP contribution in [0.1, 0.15) is 34.6 Å². The third-order valence-corrected chi connectivity index (χ3v) is 2.45. The summed E-state index contributed by atoms with van der Waals surface area (Å²) in [4.78, 5) is 4.54. The summed E-state index contributed by atoms with van der Waals surface area (Å²) in [5, 5.41) is 2.97. The van der Waals surface area contributed by atoms with Crippen molar-refractivity contribution in [3.63, 3.8) is 0 Å². The van der Waals surface area contributed by atoms with Gasteiger partial charge in [-0.3, -0.25) is 4.99 Å². The largest absolute Gasteiger partial charge is 0.362 e. The van der Waals surface area contributed by atoms with Crippen LogP contribution in [-0.2, 0) is 0 Å². The van der Waals surface area contributed by atoms with Gasteiger partial charge in [-0.15, -0.1) is 0 Å². The predicted octanol–water partition coefficient (Wildman–Crippen LogP) is 3.64. The molecule has 0 heterocycles. The van der Waals surface area contributed by atoms with E-state index in [1.54, 1.807) is 6.20 Å². The Labute approximate surface area is 93.5 Å². The van der Waals surface area contributed by atoms with Gasteiger partial charge in [-0.05, 0) is 38.5 Å². The number of allylic oxidation sites excluding steroid dienone is 2. The maximum absolute atomic E-state index is 4.54. The van der Waals surface area contributed by atoms with Crippen molar-refractivity contribution in [1.82, 2.24) is 5.32 Å². The maximum atomic E-state index is 4.54. The molecule has 0 saturated heterocycles. The van der Waals surface area contributed by atoms with Crippen LogP contribution in [0.15, 0.2) is 41.3 Å². The average Bonchev–Trinajstić information content (AvgIpc) is 2.16. The third-order valence-electron chi connectivity index (χ3n) is 2.45. The number of nitrogens with one attached hydrogen (secondary N) is 1. The molecule has 0 aromatic rings. The van der Waals surface area contributed by atoms with E-state index in [4.69, 9.17) is 0 Å². The van der Waals surface area contributed by atoms with Gasteiger partial charge in [-0.25, -0.2) is 0 Å². The predicted molar refractivity (Wildman–Crippen MR) is 68.8 cm³/mol. The highest BCUT2D eigenvalue weighted by Crippen LogP contribution is 2.13. The van der Waals surface area contributed by atoms with E-state index >= 15 is 0 Å². The summed E-state index contributed by atoms with van der Waals surface area (Å²) >= 11 is 0. The minimum atomic E-state index is 0.480. The van der Waals surface area contributed by atoms with E-state index < -0.39 is 0 Å².